The van der Waals surface area contributed by atoms with Gasteiger partial charge in [0.05, 0.1) is 0 Å². The second-order valence-corrected chi connectivity index (χ2v) is 6.40. The lowest BCUT2D eigenvalue weighted by Crippen LogP contribution is -2.45. The van der Waals surface area contributed by atoms with Crippen LogP contribution in [0.4, 0.5) is 5.82 Å². The minimum absolute atomic E-state index is 0.123. The summed E-state index contributed by atoms with van der Waals surface area (Å²) in [4.78, 5) is 30.0. The van der Waals surface area contributed by atoms with Crippen LogP contribution in [-0.4, -0.2) is 44.6 Å². The number of piperidine rings is 1. The Morgan fingerprint density at radius 3 is 2.87 bits per heavy atom. The van der Waals surface area contributed by atoms with E-state index >= 15 is 0 Å². The Morgan fingerprint density at radius 2 is 2.17 bits per heavy atom. The van der Waals surface area contributed by atoms with Crippen molar-refractivity contribution in [3.05, 3.63) is 22.9 Å². The van der Waals surface area contributed by atoms with E-state index < -0.39 is 0 Å². The summed E-state index contributed by atoms with van der Waals surface area (Å²) in [6, 6.07) is 0.207. The van der Waals surface area contributed by atoms with Gasteiger partial charge >= 0.3 is 5.69 Å². The molecule has 3 heterocycles. The topological polar surface area (TPSA) is 95.4 Å². The van der Waals surface area contributed by atoms with Crippen molar-refractivity contribution >= 4 is 17.4 Å². The highest BCUT2D eigenvalue weighted by atomic mass is 16.2. The van der Waals surface area contributed by atoms with Gasteiger partial charge in [-0.3, -0.25) is 4.79 Å². The standard InChI is InChI=1S/C15H22N6O2/c1-10(2)9-12(22)17-11-3-6-20(7-4-11)13-14-18-19-15(23)21(14)8-5-16-13/h5,8,10-11H,3-4,6-7,9H2,1-2H3,(H,17,22)(H,19,23). The van der Waals surface area contributed by atoms with Gasteiger partial charge in [-0.1, -0.05) is 13.8 Å². The summed E-state index contributed by atoms with van der Waals surface area (Å²) in [5.41, 5.74) is 0.277. The minimum atomic E-state index is -0.264. The normalized spacial score (nSPS) is 16.2. The third-order valence-electron chi connectivity index (χ3n) is 4.07. The maximum atomic E-state index is 11.9. The molecule has 0 aromatic carbocycles. The van der Waals surface area contributed by atoms with Crippen LogP contribution in [0.5, 0.6) is 0 Å². The zero-order valence-corrected chi connectivity index (χ0v) is 13.5. The van der Waals surface area contributed by atoms with E-state index in [1.807, 2.05) is 13.8 Å². The van der Waals surface area contributed by atoms with Crippen molar-refractivity contribution < 1.29 is 4.79 Å². The third-order valence-corrected chi connectivity index (χ3v) is 4.07. The molecule has 2 aromatic heterocycles. The number of hydrogen-bond acceptors (Lipinski definition) is 5. The summed E-state index contributed by atoms with van der Waals surface area (Å²) >= 11 is 0. The SMILES string of the molecule is CC(C)CC(=O)NC1CCN(c2nccn3c(=O)[nH]nc23)CC1. The van der Waals surface area contributed by atoms with Crippen molar-refractivity contribution in [2.45, 2.75) is 39.2 Å². The molecule has 124 valence electrons. The highest BCUT2D eigenvalue weighted by Gasteiger charge is 2.23. The fraction of sp³-hybridized carbons (Fsp3) is 0.600. The van der Waals surface area contributed by atoms with Crippen LogP contribution in [0.15, 0.2) is 17.2 Å². The summed E-state index contributed by atoms with van der Waals surface area (Å²) in [5, 5.41) is 9.59. The van der Waals surface area contributed by atoms with Gasteiger partial charge in [0.25, 0.3) is 0 Å². The van der Waals surface area contributed by atoms with Gasteiger partial charge in [-0.25, -0.2) is 19.3 Å². The molecule has 2 aromatic rings. The minimum Gasteiger partial charge on any atom is -0.353 e. The van der Waals surface area contributed by atoms with Gasteiger partial charge in [0.15, 0.2) is 5.82 Å². The molecule has 1 fully saturated rings. The number of rotatable bonds is 4. The number of fused-ring (bicyclic) bond motifs is 1. The van der Waals surface area contributed by atoms with Gasteiger partial charge in [-0.05, 0) is 18.8 Å². The van der Waals surface area contributed by atoms with Crippen molar-refractivity contribution in [2.75, 3.05) is 18.0 Å². The molecule has 0 aliphatic carbocycles. The molecule has 1 aliphatic heterocycles. The fourth-order valence-corrected chi connectivity index (χ4v) is 2.95. The highest BCUT2D eigenvalue weighted by molar-refractivity contribution is 5.76. The molecule has 8 heteroatoms. The van der Waals surface area contributed by atoms with Gasteiger partial charge in [0, 0.05) is 37.9 Å². The molecular weight excluding hydrogens is 296 g/mol. The molecule has 3 rings (SSSR count). The highest BCUT2D eigenvalue weighted by Crippen LogP contribution is 2.20. The Hall–Kier alpha value is -2.38. The summed E-state index contributed by atoms with van der Waals surface area (Å²) in [7, 11) is 0. The van der Waals surface area contributed by atoms with Crippen molar-refractivity contribution in [2.24, 2.45) is 5.92 Å². The van der Waals surface area contributed by atoms with Crippen LogP contribution >= 0.6 is 0 Å². The van der Waals surface area contributed by atoms with E-state index in [1.54, 1.807) is 12.4 Å². The van der Waals surface area contributed by atoms with Crippen LogP contribution < -0.4 is 15.9 Å². The predicted molar refractivity (Wildman–Crippen MR) is 86.4 cm³/mol. The van der Waals surface area contributed by atoms with Crippen molar-refractivity contribution in [1.82, 2.24) is 24.9 Å². The van der Waals surface area contributed by atoms with E-state index in [0.29, 0.717) is 23.8 Å². The molecule has 1 aliphatic rings. The van der Waals surface area contributed by atoms with Crippen LogP contribution in [0.3, 0.4) is 0 Å². The number of carbonyl (C=O) groups excluding carboxylic acids is 1. The first-order valence-electron chi connectivity index (χ1n) is 8.00. The summed E-state index contributed by atoms with van der Waals surface area (Å²) in [6.07, 6.45) is 5.50. The van der Waals surface area contributed by atoms with E-state index in [4.69, 9.17) is 0 Å². The van der Waals surface area contributed by atoms with Crippen LogP contribution in [0.2, 0.25) is 0 Å². The maximum absolute atomic E-state index is 11.9. The number of amides is 1. The molecule has 8 nitrogen and oxygen atoms in total. The van der Waals surface area contributed by atoms with E-state index in [-0.39, 0.29) is 17.6 Å². The number of H-pyrrole nitrogens is 1. The van der Waals surface area contributed by atoms with E-state index in [0.717, 1.165) is 25.9 Å². The van der Waals surface area contributed by atoms with Gasteiger partial charge in [-0.15, -0.1) is 5.10 Å². The molecule has 0 unspecified atom stereocenters. The molecule has 0 radical (unpaired) electrons. The number of hydrogen-bond donors (Lipinski definition) is 2. The number of carbonyl (C=O) groups is 1. The van der Waals surface area contributed by atoms with Crippen molar-refractivity contribution in [3.8, 4) is 0 Å². The number of nitrogens with one attached hydrogen (secondary N) is 2. The van der Waals surface area contributed by atoms with Crippen LogP contribution in [-0.2, 0) is 4.79 Å². The first-order chi connectivity index (χ1) is 11.0. The first kappa shape index (κ1) is 15.5. The smallest absolute Gasteiger partial charge is 0.347 e. The Bertz CT molecular complexity index is 742. The van der Waals surface area contributed by atoms with Gasteiger partial charge in [0.1, 0.15) is 0 Å². The molecule has 1 amide bonds. The Morgan fingerprint density at radius 1 is 1.43 bits per heavy atom. The molecule has 0 spiro atoms. The second-order valence-electron chi connectivity index (χ2n) is 6.40. The quantitative estimate of drug-likeness (QED) is 0.858. The molecule has 0 atom stereocenters. The Balaban J connectivity index is 1.64. The molecular formula is C15H22N6O2. The molecule has 0 saturated carbocycles. The van der Waals surface area contributed by atoms with E-state index in [9.17, 15) is 9.59 Å². The van der Waals surface area contributed by atoms with E-state index in [2.05, 4.69) is 25.4 Å². The largest absolute Gasteiger partial charge is 0.353 e. The van der Waals surface area contributed by atoms with Crippen LogP contribution in [0.1, 0.15) is 33.1 Å². The third kappa shape index (κ3) is 3.35. The van der Waals surface area contributed by atoms with Crippen molar-refractivity contribution in [3.63, 3.8) is 0 Å². The lowest BCUT2D eigenvalue weighted by atomic mass is 10.0. The number of aromatic nitrogens is 4. The van der Waals surface area contributed by atoms with E-state index in [1.165, 1.54) is 4.40 Å². The summed E-state index contributed by atoms with van der Waals surface area (Å²) < 4.78 is 1.46. The second kappa shape index (κ2) is 6.39. The number of aromatic amines is 1. The Labute approximate surface area is 133 Å². The zero-order valence-electron chi connectivity index (χ0n) is 13.5. The monoisotopic (exact) mass is 318 g/mol. The number of nitrogens with zero attached hydrogens (tertiary/aromatic N) is 4. The summed E-state index contributed by atoms with van der Waals surface area (Å²) in [6.45, 7) is 5.64. The van der Waals surface area contributed by atoms with Crippen LogP contribution in [0, 0.1) is 5.92 Å². The first-order valence-corrected chi connectivity index (χ1v) is 8.00. The van der Waals surface area contributed by atoms with Crippen LogP contribution in [0.25, 0.3) is 5.65 Å². The number of anilines is 1. The average molecular weight is 318 g/mol. The molecule has 23 heavy (non-hydrogen) atoms. The average Bonchev–Trinajstić information content (AvgIpc) is 2.89. The summed E-state index contributed by atoms with van der Waals surface area (Å²) in [5.74, 6) is 1.20. The molecule has 0 bridgehead atoms. The van der Waals surface area contributed by atoms with Crippen molar-refractivity contribution in [1.29, 1.82) is 0 Å². The molecule has 1 saturated heterocycles. The Kier molecular flexibility index (Phi) is 4.31. The lowest BCUT2D eigenvalue weighted by molar-refractivity contribution is -0.122. The predicted octanol–water partition coefficient (Wildman–Crippen LogP) is 0.549. The van der Waals surface area contributed by atoms with Gasteiger partial charge in [0.2, 0.25) is 11.6 Å². The zero-order chi connectivity index (χ0) is 16.4. The molecule has 2 N–H and O–H groups in total. The lowest BCUT2D eigenvalue weighted by Gasteiger charge is -2.33. The van der Waals surface area contributed by atoms with Gasteiger partial charge < -0.3 is 10.2 Å². The van der Waals surface area contributed by atoms with Gasteiger partial charge in [-0.2, -0.15) is 0 Å². The maximum Gasteiger partial charge on any atom is 0.347 e. The fourth-order valence-electron chi connectivity index (χ4n) is 2.95.